The maximum Gasteiger partial charge on any atom is 0.165 e. The molecule has 0 amide bonds. The number of nitrogen functional groups attached to an aromatic ring is 1. The van der Waals surface area contributed by atoms with Crippen LogP contribution < -0.4 is 10.5 Å². The van der Waals surface area contributed by atoms with E-state index >= 15 is 0 Å². The van der Waals surface area contributed by atoms with Crippen molar-refractivity contribution in [2.45, 2.75) is 6.61 Å². The Morgan fingerprint density at radius 1 is 1.30 bits per heavy atom. The van der Waals surface area contributed by atoms with Crippen LogP contribution in [-0.2, 0) is 6.61 Å². The number of ether oxygens (including phenoxy) is 1. The van der Waals surface area contributed by atoms with Crippen molar-refractivity contribution in [2.75, 3.05) is 5.73 Å². The molecule has 6 heteroatoms. The first-order valence-corrected chi connectivity index (χ1v) is 6.65. The third-order valence-corrected chi connectivity index (χ3v) is 3.41. The van der Waals surface area contributed by atoms with E-state index in [-0.39, 0.29) is 17.9 Å². The summed E-state index contributed by atoms with van der Waals surface area (Å²) in [6, 6.07) is 8.94. The van der Waals surface area contributed by atoms with E-state index in [4.69, 9.17) is 15.7 Å². The number of hydrogen-bond acceptors (Lipinski definition) is 3. The standard InChI is InChI=1S/C14H9F2IN2O/c15-10-3-1-2-9(13(10)16)7-20-14-11(17)4-8(6-18)5-12(14)19/h1-5H,7,19H2. The monoisotopic (exact) mass is 386 g/mol. The smallest absolute Gasteiger partial charge is 0.165 e. The van der Waals surface area contributed by atoms with E-state index in [1.54, 1.807) is 6.07 Å². The molecule has 0 fully saturated rings. The lowest BCUT2D eigenvalue weighted by Gasteiger charge is -2.12. The molecule has 0 aliphatic carbocycles. The lowest BCUT2D eigenvalue weighted by molar-refractivity contribution is 0.296. The topological polar surface area (TPSA) is 59.0 Å². The number of hydrogen-bond donors (Lipinski definition) is 1. The molecule has 0 atom stereocenters. The third-order valence-electron chi connectivity index (χ3n) is 2.61. The van der Waals surface area contributed by atoms with Crippen LogP contribution in [0.15, 0.2) is 30.3 Å². The van der Waals surface area contributed by atoms with Gasteiger partial charge < -0.3 is 10.5 Å². The summed E-state index contributed by atoms with van der Waals surface area (Å²) >= 11 is 1.97. The quantitative estimate of drug-likeness (QED) is 0.648. The fraction of sp³-hybridized carbons (Fsp3) is 0.0714. The minimum absolute atomic E-state index is 0.101. The Kier molecular flexibility index (Phi) is 4.39. The molecule has 2 rings (SSSR count). The van der Waals surface area contributed by atoms with Crippen molar-refractivity contribution < 1.29 is 13.5 Å². The maximum absolute atomic E-state index is 13.5. The first-order chi connectivity index (χ1) is 9.52. The van der Waals surface area contributed by atoms with Gasteiger partial charge in [0, 0.05) is 5.56 Å². The highest BCUT2D eigenvalue weighted by Crippen LogP contribution is 2.30. The van der Waals surface area contributed by atoms with Crippen molar-refractivity contribution in [3.05, 3.63) is 56.7 Å². The summed E-state index contributed by atoms with van der Waals surface area (Å²) in [5.74, 6) is -1.50. The fourth-order valence-electron chi connectivity index (χ4n) is 1.64. The highest BCUT2D eigenvalue weighted by atomic mass is 127. The van der Waals surface area contributed by atoms with Crippen LogP contribution in [0.5, 0.6) is 5.75 Å². The highest BCUT2D eigenvalue weighted by Gasteiger charge is 2.12. The Hall–Kier alpha value is -1.88. The van der Waals surface area contributed by atoms with Crippen molar-refractivity contribution in [1.29, 1.82) is 5.26 Å². The predicted octanol–water partition coefficient (Wildman–Crippen LogP) is 3.60. The van der Waals surface area contributed by atoms with Crippen molar-refractivity contribution in [1.82, 2.24) is 0 Å². The molecule has 0 aliphatic rings. The molecule has 0 spiro atoms. The average Bonchev–Trinajstić information content (AvgIpc) is 2.42. The molecule has 0 aromatic heterocycles. The van der Waals surface area contributed by atoms with Gasteiger partial charge >= 0.3 is 0 Å². The number of nitrogens with two attached hydrogens (primary N) is 1. The molecule has 0 unspecified atom stereocenters. The van der Waals surface area contributed by atoms with Crippen LogP contribution in [0.2, 0.25) is 0 Å². The zero-order valence-electron chi connectivity index (χ0n) is 10.2. The summed E-state index contributed by atoms with van der Waals surface area (Å²) in [6.07, 6.45) is 0. The molecule has 0 saturated heterocycles. The second-order valence-corrected chi connectivity index (χ2v) is 5.15. The minimum Gasteiger partial charge on any atom is -0.486 e. The minimum atomic E-state index is -0.935. The number of anilines is 1. The Morgan fingerprint density at radius 2 is 2.05 bits per heavy atom. The van der Waals surface area contributed by atoms with Gasteiger partial charge in [0.05, 0.1) is 20.9 Å². The van der Waals surface area contributed by atoms with Gasteiger partial charge in [-0.2, -0.15) is 5.26 Å². The summed E-state index contributed by atoms with van der Waals surface area (Å²) < 4.78 is 32.6. The highest BCUT2D eigenvalue weighted by molar-refractivity contribution is 14.1. The van der Waals surface area contributed by atoms with Crippen molar-refractivity contribution in [3.63, 3.8) is 0 Å². The van der Waals surface area contributed by atoms with E-state index < -0.39 is 11.6 Å². The Morgan fingerprint density at radius 3 is 2.70 bits per heavy atom. The second kappa shape index (κ2) is 6.05. The molecular formula is C14H9F2IN2O. The molecule has 0 bridgehead atoms. The Labute approximate surface area is 128 Å². The molecule has 2 aromatic rings. The summed E-state index contributed by atoms with van der Waals surface area (Å²) in [5, 5.41) is 8.81. The van der Waals surface area contributed by atoms with E-state index in [9.17, 15) is 8.78 Å². The normalized spacial score (nSPS) is 10.1. The molecule has 20 heavy (non-hydrogen) atoms. The van der Waals surface area contributed by atoms with E-state index in [0.717, 1.165) is 6.07 Å². The SMILES string of the molecule is N#Cc1cc(N)c(OCc2cccc(F)c2F)c(I)c1. The van der Waals surface area contributed by atoms with Crippen LogP contribution in [0.1, 0.15) is 11.1 Å². The van der Waals surface area contributed by atoms with Crippen molar-refractivity contribution in [2.24, 2.45) is 0 Å². The van der Waals surface area contributed by atoms with Gasteiger partial charge in [-0.05, 0) is 40.8 Å². The maximum atomic E-state index is 13.5. The molecule has 2 N–H and O–H groups in total. The molecule has 0 radical (unpaired) electrons. The van der Waals surface area contributed by atoms with Gasteiger partial charge in [0.2, 0.25) is 0 Å². The second-order valence-electron chi connectivity index (χ2n) is 3.99. The van der Waals surface area contributed by atoms with E-state index in [0.29, 0.717) is 14.9 Å². The van der Waals surface area contributed by atoms with Gasteiger partial charge in [-0.1, -0.05) is 12.1 Å². The Bertz CT molecular complexity index is 675. The first kappa shape index (κ1) is 14.5. The summed E-state index contributed by atoms with van der Waals surface area (Å²) in [5.41, 5.74) is 6.58. The van der Waals surface area contributed by atoms with Crippen LogP contribution in [0.4, 0.5) is 14.5 Å². The first-order valence-electron chi connectivity index (χ1n) is 5.57. The third kappa shape index (κ3) is 2.99. The molecule has 102 valence electrons. The Balaban J connectivity index is 2.24. The molecule has 0 heterocycles. The van der Waals surface area contributed by atoms with Crippen molar-refractivity contribution >= 4 is 28.3 Å². The predicted molar refractivity (Wildman–Crippen MR) is 79.0 cm³/mol. The number of benzene rings is 2. The summed E-state index contributed by atoms with van der Waals surface area (Å²) in [7, 11) is 0. The van der Waals surface area contributed by atoms with Crippen LogP contribution in [0.25, 0.3) is 0 Å². The number of nitriles is 1. The van der Waals surface area contributed by atoms with Gasteiger partial charge in [0.25, 0.3) is 0 Å². The zero-order chi connectivity index (χ0) is 14.7. The van der Waals surface area contributed by atoms with Gasteiger partial charge in [-0.25, -0.2) is 8.78 Å². The van der Waals surface area contributed by atoms with E-state index in [1.807, 2.05) is 28.7 Å². The van der Waals surface area contributed by atoms with Crippen LogP contribution in [0.3, 0.4) is 0 Å². The molecular weight excluding hydrogens is 377 g/mol. The largest absolute Gasteiger partial charge is 0.486 e. The van der Waals surface area contributed by atoms with Gasteiger partial charge in [-0.15, -0.1) is 0 Å². The lowest BCUT2D eigenvalue weighted by Crippen LogP contribution is -2.04. The molecule has 2 aromatic carbocycles. The van der Waals surface area contributed by atoms with Crippen molar-refractivity contribution in [3.8, 4) is 11.8 Å². The number of nitrogens with zero attached hydrogens (tertiary/aromatic N) is 1. The summed E-state index contributed by atoms with van der Waals surface area (Å²) in [6.45, 7) is -0.143. The number of rotatable bonds is 3. The fourth-order valence-corrected chi connectivity index (χ4v) is 2.44. The van der Waals surface area contributed by atoms with E-state index in [2.05, 4.69) is 0 Å². The van der Waals surface area contributed by atoms with Gasteiger partial charge in [0.15, 0.2) is 17.4 Å². The van der Waals surface area contributed by atoms with E-state index in [1.165, 1.54) is 18.2 Å². The van der Waals surface area contributed by atoms with Gasteiger partial charge in [-0.3, -0.25) is 0 Å². The average molecular weight is 386 g/mol. The zero-order valence-corrected chi connectivity index (χ0v) is 12.3. The van der Waals surface area contributed by atoms with Crippen LogP contribution in [-0.4, -0.2) is 0 Å². The van der Waals surface area contributed by atoms with Gasteiger partial charge in [0.1, 0.15) is 6.61 Å². The van der Waals surface area contributed by atoms with Crippen LogP contribution in [0, 0.1) is 26.5 Å². The molecule has 0 saturated carbocycles. The number of halogens is 3. The lowest BCUT2D eigenvalue weighted by atomic mass is 10.2. The summed E-state index contributed by atoms with van der Waals surface area (Å²) in [4.78, 5) is 0. The molecule has 0 aliphatic heterocycles. The molecule has 3 nitrogen and oxygen atoms in total. The van der Waals surface area contributed by atoms with Crippen LogP contribution >= 0.6 is 22.6 Å².